The zero-order valence-corrected chi connectivity index (χ0v) is 10.3. The second-order valence-electron chi connectivity index (χ2n) is 4.09. The summed E-state index contributed by atoms with van der Waals surface area (Å²) in [6.07, 6.45) is 0. The molecule has 19 heavy (non-hydrogen) atoms. The predicted molar refractivity (Wildman–Crippen MR) is 68.7 cm³/mol. The van der Waals surface area contributed by atoms with Crippen molar-refractivity contribution in [2.24, 2.45) is 0 Å². The molecule has 0 saturated carbocycles. The number of rotatable bonds is 3. The minimum Gasteiger partial charge on any atom is -0.382 e. The lowest BCUT2D eigenvalue weighted by Crippen LogP contribution is -2.27. The summed E-state index contributed by atoms with van der Waals surface area (Å²) < 4.78 is 13.1. The van der Waals surface area contributed by atoms with Crippen LogP contribution in [0.25, 0.3) is 0 Å². The van der Waals surface area contributed by atoms with E-state index in [-0.39, 0.29) is 29.3 Å². The molecule has 1 aromatic carbocycles. The summed E-state index contributed by atoms with van der Waals surface area (Å²) in [6.45, 7) is 1.76. The summed E-state index contributed by atoms with van der Waals surface area (Å²) in [5, 5.41) is 9.99. The van der Waals surface area contributed by atoms with Crippen LogP contribution in [0.1, 0.15) is 29.0 Å². The van der Waals surface area contributed by atoms with Crippen LogP contribution in [-0.2, 0) is 0 Å². The van der Waals surface area contributed by atoms with Crippen LogP contribution in [0.2, 0.25) is 0 Å². The molecule has 0 spiro atoms. The molecule has 1 aromatic heterocycles. The van der Waals surface area contributed by atoms with Crippen LogP contribution in [0.4, 0.5) is 10.2 Å². The summed E-state index contributed by atoms with van der Waals surface area (Å²) in [7, 11) is 0. The van der Waals surface area contributed by atoms with E-state index in [1.807, 2.05) is 0 Å². The van der Waals surface area contributed by atoms with Crippen molar-refractivity contribution in [1.29, 1.82) is 0 Å². The number of carbonyl (C=O) groups is 1. The molecular formula is C13H13FN4O. The molecule has 5 nitrogen and oxygen atoms in total. The molecule has 1 heterocycles. The first-order chi connectivity index (χ1) is 9.06. The number of amides is 1. The van der Waals surface area contributed by atoms with Gasteiger partial charge in [0.1, 0.15) is 11.6 Å². The largest absolute Gasteiger partial charge is 0.382 e. The molecule has 2 aromatic rings. The molecule has 0 aliphatic carbocycles. The zero-order chi connectivity index (χ0) is 13.8. The molecule has 98 valence electrons. The molecule has 0 bridgehead atoms. The van der Waals surface area contributed by atoms with Crippen LogP contribution in [0.15, 0.2) is 36.4 Å². The fourth-order valence-electron chi connectivity index (χ4n) is 1.59. The van der Waals surface area contributed by atoms with Gasteiger partial charge in [0, 0.05) is 0 Å². The number of nitrogens with one attached hydrogen (secondary N) is 1. The van der Waals surface area contributed by atoms with Gasteiger partial charge >= 0.3 is 0 Å². The molecule has 1 unspecified atom stereocenters. The Morgan fingerprint density at radius 3 is 2.74 bits per heavy atom. The molecule has 2 rings (SSSR count). The fraction of sp³-hybridized carbons (Fsp3) is 0.154. The van der Waals surface area contributed by atoms with Gasteiger partial charge < -0.3 is 11.1 Å². The van der Waals surface area contributed by atoms with Gasteiger partial charge in [-0.1, -0.05) is 12.1 Å². The van der Waals surface area contributed by atoms with Crippen molar-refractivity contribution in [2.75, 3.05) is 5.73 Å². The third kappa shape index (κ3) is 3.25. The molecule has 1 atom stereocenters. The van der Waals surface area contributed by atoms with E-state index in [9.17, 15) is 9.18 Å². The number of halogens is 1. The van der Waals surface area contributed by atoms with E-state index in [0.29, 0.717) is 5.56 Å². The number of nitrogens with two attached hydrogens (primary N) is 1. The SMILES string of the molecule is CC(NC(=O)c1ccc(N)nn1)c1cccc(F)c1. The monoisotopic (exact) mass is 260 g/mol. The Labute approximate surface area is 109 Å². The van der Waals surface area contributed by atoms with E-state index < -0.39 is 0 Å². The highest BCUT2D eigenvalue weighted by Gasteiger charge is 2.13. The average Bonchev–Trinajstić information content (AvgIpc) is 2.39. The van der Waals surface area contributed by atoms with Gasteiger partial charge in [-0.15, -0.1) is 10.2 Å². The van der Waals surface area contributed by atoms with Crippen LogP contribution >= 0.6 is 0 Å². The Kier molecular flexibility index (Phi) is 3.70. The van der Waals surface area contributed by atoms with Gasteiger partial charge in [-0.2, -0.15) is 0 Å². The number of benzene rings is 1. The van der Waals surface area contributed by atoms with E-state index in [0.717, 1.165) is 0 Å². The van der Waals surface area contributed by atoms with Crippen molar-refractivity contribution in [3.63, 3.8) is 0 Å². The second-order valence-corrected chi connectivity index (χ2v) is 4.09. The van der Waals surface area contributed by atoms with E-state index >= 15 is 0 Å². The third-order valence-corrected chi connectivity index (χ3v) is 2.61. The highest BCUT2D eigenvalue weighted by Crippen LogP contribution is 2.13. The number of aromatic nitrogens is 2. The van der Waals surface area contributed by atoms with Gasteiger partial charge in [-0.25, -0.2) is 4.39 Å². The lowest BCUT2D eigenvalue weighted by molar-refractivity contribution is 0.0934. The molecule has 0 saturated heterocycles. The molecular weight excluding hydrogens is 247 g/mol. The minimum atomic E-state index is -0.385. The molecule has 6 heteroatoms. The molecule has 0 fully saturated rings. The van der Waals surface area contributed by atoms with Crippen molar-refractivity contribution < 1.29 is 9.18 Å². The Hall–Kier alpha value is -2.50. The fourth-order valence-corrected chi connectivity index (χ4v) is 1.59. The van der Waals surface area contributed by atoms with Gasteiger partial charge in [0.15, 0.2) is 5.69 Å². The summed E-state index contributed by atoms with van der Waals surface area (Å²) in [5.41, 5.74) is 6.23. The molecule has 3 N–H and O–H groups in total. The highest BCUT2D eigenvalue weighted by atomic mass is 19.1. The van der Waals surface area contributed by atoms with Crippen LogP contribution in [0, 0.1) is 5.82 Å². The maximum absolute atomic E-state index is 13.1. The van der Waals surface area contributed by atoms with Gasteiger partial charge in [0.25, 0.3) is 5.91 Å². The molecule has 0 radical (unpaired) electrons. The first-order valence-electron chi connectivity index (χ1n) is 5.72. The number of hydrogen-bond acceptors (Lipinski definition) is 4. The minimum absolute atomic E-state index is 0.164. The number of hydrogen-bond donors (Lipinski definition) is 2. The van der Waals surface area contributed by atoms with Gasteiger partial charge in [-0.05, 0) is 36.8 Å². The molecule has 0 aliphatic heterocycles. The second kappa shape index (κ2) is 5.43. The van der Waals surface area contributed by atoms with E-state index in [1.54, 1.807) is 19.1 Å². The van der Waals surface area contributed by atoms with Crippen molar-refractivity contribution in [3.05, 3.63) is 53.5 Å². The Morgan fingerprint density at radius 1 is 1.32 bits per heavy atom. The number of nitrogen functional groups attached to an aromatic ring is 1. The lowest BCUT2D eigenvalue weighted by Gasteiger charge is -2.13. The first-order valence-corrected chi connectivity index (χ1v) is 5.72. The first kappa shape index (κ1) is 12.9. The van der Waals surface area contributed by atoms with E-state index in [4.69, 9.17) is 5.73 Å². The Balaban J connectivity index is 2.08. The average molecular weight is 260 g/mol. The zero-order valence-electron chi connectivity index (χ0n) is 10.3. The van der Waals surface area contributed by atoms with E-state index in [2.05, 4.69) is 15.5 Å². The van der Waals surface area contributed by atoms with Gasteiger partial charge in [-0.3, -0.25) is 4.79 Å². The molecule has 1 amide bonds. The standard InChI is InChI=1S/C13H13FN4O/c1-8(9-3-2-4-10(14)7-9)16-13(19)11-5-6-12(15)18-17-11/h2-8H,1H3,(H2,15,18)(H,16,19). The van der Waals surface area contributed by atoms with Crippen molar-refractivity contribution in [2.45, 2.75) is 13.0 Å². The summed E-state index contributed by atoms with van der Waals surface area (Å²) >= 11 is 0. The number of carbonyl (C=O) groups excluding carboxylic acids is 1. The van der Waals surface area contributed by atoms with Crippen LogP contribution in [0.3, 0.4) is 0 Å². The summed E-state index contributed by atoms with van der Waals surface area (Å²) in [6, 6.07) is 8.70. The van der Waals surface area contributed by atoms with Crippen molar-refractivity contribution in [3.8, 4) is 0 Å². The lowest BCUT2D eigenvalue weighted by atomic mass is 10.1. The maximum atomic E-state index is 13.1. The van der Waals surface area contributed by atoms with Crippen LogP contribution in [0.5, 0.6) is 0 Å². The summed E-state index contributed by atoms with van der Waals surface area (Å²) in [4.78, 5) is 11.9. The predicted octanol–water partition coefficient (Wildman–Crippen LogP) is 1.69. The van der Waals surface area contributed by atoms with Gasteiger partial charge in [0.2, 0.25) is 0 Å². The maximum Gasteiger partial charge on any atom is 0.272 e. The third-order valence-electron chi connectivity index (χ3n) is 2.61. The summed E-state index contributed by atoms with van der Waals surface area (Å²) in [5.74, 6) is -0.482. The van der Waals surface area contributed by atoms with Crippen LogP contribution in [-0.4, -0.2) is 16.1 Å². The van der Waals surface area contributed by atoms with Crippen LogP contribution < -0.4 is 11.1 Å². The molecule has 0 aliphatic rings. The highest BCUT2D eigenvalue weighted by molar-refractivity contribution is 5.92. The quantitative estimate of drug-likeness (QED) is 0.880. The van der Waals surface area contributed by atoms with Gasteiger partial charge in [0.05, 0.1) is 6.04 Å². The normalized spacial score (nSPS) is 11.9. The Bertz CT molecular complexity index is 585. The van der Waals surface area contributed by atoms with Crippen molar-refractivity contribution >= 4 is 11.7 Å². The topological polar surface area (TPSA) is 80.9 Å². The number of nitrogens with zero attached hydrogens (tertiary/aromatic N) is 2. The Morgan fingerprint density at radius 2 is 2.11 bits per heavy atom. The smallest absolute Gasteiger partial charge is 0.272 e. The number of anilines is 1. The van der Waals surface area contributed by atoms with Crippen molar-refractivity contribution in [1.82, 2.24) is 15.5 Å². The van der Waals surface area contributed by atoms with E-state index in [1.165, 1.54) is 24.3 Å².